The second kappa shape index (κ2) is 7.21. The van der Waals surface area contributed by atoms with Crippen molar-refractivity contribution in [3.63, 3.8) is 0 Å². The summed E-state index contributed by atoms with van der Waals surface area (Å²) < 4.78 is 5.39. The van der Waals surface area contributed by atoms with E-state index < -0.39 is 5.60 Å². The van der Waals surface area contributed by atoms with Crippen molar-refractivity contribution in [1.82, 2.24) is 5.32 Å². The van der Waals surface area contributed by atoms with Gasteiger partial charge in [0.1, 0.15) is 0 Å². The Labute approximate surface area is 87.8 Å². The molecule has 0 heterocycles. The summed E-state index contributed by atoms with van der Waals surface area (Å²) in [6.07, 6.45) is 2.30. The molecule has 0 aromatic heterocycles. The van der Waals surface area contributed by atoms with Crippen LogP contribution in [0.4, 0.5) is 0 Å². The predicted octanol–water partition coefficient (Wildman–Crippen LogP) is 1.55. The first-order valence-corrected chi connectivity index (χ1v) is 5.52. The van der Waals surface area contributed by atoms with E-state index >= 15 is 0 Å². The smallest absolute Gasteiger partial charge is 0.0741 e. The Hall–Kier alpha value is -0.120. The fourth-order valence-corrected chi connectivity index (χ4v) is 0.946. The highest BCUT2D eigenvalue weighted by atomic mass is 16.5. The van der Waals surface area contributed by atoms with Crippen LogP contribution in [0.1, 0.15) is 40.5 Å². The second-order valence-electron chi connectivity index (χ2n) is 4.30. The van der Waals surface area contributed by atoms with E-state index in [0.717, 1.165) is 26.2 Å². The number of hydrogen-bond acceptors (Lipinski definition) is 3. The van der Waals surface area contributed by atoms with E-state index in [1.807, 2.05) is 20.8 Å². The first-order valence-electron chi connectivity index (χ1n) is 5.52. The number of nitrogens with one attached hydrogen (secondary N) is 1. The number of aliphatic hydroxyl groups is 1. The maximum Gasteiger partial charge on any atom is 0.0741 e. The fraction of sp³-hybridized carbons (Fsp3) is 1.00. The molecule has 86 valence electrons. The molecule has 0 aromatic rings. The van der Waals surface area contributed by atoms with Gasteiger partial charge in [-0.1, -0.05) is 13.3 Å². The lowest BCUT2D eigenvalue weighted by molar-refractivity contribution is 0.0398. The van der Waals surface area contributed by atoms with Crippen LogP contribution in [-0.4, -0.2) is 36.5 Å². The van der Waals surface area contributed by atoms with Crippen LogP contribution in [0.2, 0.25) is 0 Å². The number of rotatable bonds is 8. The SMILES string of the molecule is CCCCOCCNC(C)C(C)(C)O. The van der Waals surface area contributed by atoms with Crippen molar-refractivity contribution >= 4 is 0 Å². The van der Waals surface area contributed by atoms with Gasteiger partial charge in [0.25, 0.3) is 0 Å². The summed E-state index contributed by atoms with van der Waals surface area (Å²) in [4.78, 5) is 0. The summed E-state index contributed by atoms with van der Waals surface area (Å²) in [6.45, 7) is 10.1. The molecule has 0 rings (SSSR count). The lowest BCUT2D eigenvalue weighted by Crippen LogP contribution is -2.45. The molecule has 0 aliphatic heterocycles. The van der Waals surface area contributed by atoms with Gasteiger partial charge in [0, 0.05) is 19.2 Å². The number of ether oxygens (including phenoxy) is 1. The Kier molecular flexibility index (Phi) is 7.15. The van der Waals surface area contributed by atoms with Crippen molar-refractivity contribution in [2.24, 2.45) is 0 Å². The van der Waals surface area contributed by atoms with Crippen molar-refractivity contribution in [2.45, 2.75) is 52.2 Å². The molecular weight excluding hydrogens is 178 g/mol. The molecule has 0 aliphatic rings. The second-order valence-corrected chi connectivity index (χ2v) is 4.30. The van der Waals surface area contributed by atoms with Gasteiger partial charge in [-0.3, -0.25) is 0 Å². The van der Waals surface area contributed by atoms with E-state index in [-0.39, 0.29) is 6.04 Å². The molecule has 3 nitrogen and oxygen atoms in total. The van der Waals surface area contributed by atoms with E-state index in [1.165, 1.54) is 6.42 Å². The number of hydrogen-bond donors (Lipinski definition) is 2. The zero-order valence-electron chi connectivity index (χ0n) is 9.97. The summed E-state index contributed by atoms with van der Waals surface area (Å²) in [5.41, 5.74) is -0.663. The summed E-state index contributed by atoms with van der Waals surface area (Å²) in [5.74, 6) is 0. The van der Waals surface area contributed by atoms with Gasteiger partial charge >= 0.3 is 0 Å². The Morgan fingerprint density at radius 3 is 2.50 bits per heavy atom. The van der Waals surface area contributed by atoms with Crippen molar-refractivity contribution in [1.29, 1.82) is 0 Å². The van der Waals surface area contributed by atoms with Crippen LogP contribution >= 0.6 is 0 Å². The lowest BCUT2D eigenvalue weighted by atomic mass is 10.0. The molecule has 0 aliphatic carbocycles. The molecule has 0 fully saturated rings. The fourth-order valence-electron chi connectivity index (χ4n) is 0.946. The van der Waals surface area contributed by atoms with Gasteiger partial charge in [0.05, 0.1) is 12.2 Å². The zero-order chi connectivity index (χ0) is 11.0. The van der Waals surface area contributed by atoms with E-state index in [1.54, 1.807) is 0 Å². The van der Waals surface area contributed by atoms with Gasteiger partial charge in [-0.2, -0.15) is 0 Å². The first-order chi connectivity index (χ1) is 6.48. The van der Waals surface area contributed by atoms with E-state index in [0.29, 0.717) is 0 Å². The Morgan fingerprint density at radius 2 is 2.00 bits per heavy atom. The highest BCUT2D eigenvalue weighted by molar-refractivity contribution is 4.79. The van der Waals surface area contributed by atoms with Crippen LogP contribution in [0.3, 0.4) is 0 Å². The summed E-state index contributed by atoms with van der Waals surface area (Å²) in [5, 5.41) is 12.8. The minimum Gasteiger partial charge on any atom is -0.389 e. The minimum absolute atomic E-state index is 0.0947. The van der Waals surface area contributed by atoms with Gasteiger partial charge in [0.15, 0.2) is 0 Å². The Morgan fingerprint density at radius 1 is 1.36 bits per heavy atom. The van der Waals surface area contributed by atoms with Crippen molar-refractivity contribution in [3.05, 3.63) is 0 Å². The third-order valence-corrected chi connectivity index (χ3v) is 2.40. The molecule has 0 radical (unpaired) electrons. The predicted molar refractivity (Wildman–Crippen MR) is 59.5 cm³/mol. The molecule has 2 N–H and O–H groups in total. The zero-order valence-corrected chi connectivity index (χ0v) is 9.97. The van der Waals surface area contributed by atoms with Crippen LogP contribution in [0, 0.1) is 0 Å². The van der Waals surface area contributed by atoms with Crippen LogP contribution in [0.15, 0.2) is 0 Å². The van der Waals surface area contributed by atoms with Gasteiger partial charge in [-0.15, -0.1) is 0 Å². The quantitative estimate of drug-likeness (QED) is 0.588. The van der Waals surface area contributed by atoms with Crippen molar-refractivity contribution in [2.75, 3.05) is 19.8 Å². The molecule has 0 bridgehead atoms. The molecule has 0 aromatic carbocycles. The highest BCUT2D eigenvalue weighted by Crippen LogP contribution is 2.06. The molecule has 0 amide bonds. The van der Waals surface area contributed by atoms with Gasteiger partial charge in [-0.25, -0.2) is 0 Å². The molecule has 3 heteroatoms. The first kappa shape index (κ1) is 13.9. The molecule has 0 saturated heterocycles. The average molecular weight is 203 g/mol. The van der Waals surface area contributed by atoms with E-state index in [4.69, 9.17) is 4.74 Å². The van der Waals surface area contributed by atoms with Crippen LogP contribution < -0.4 is 5.32 Å². The molecule has 14 heavy (non-hydrogen) atoms. The van der Waals surface area contributed by atoms with Gasteiger partial charge in [-0.05, 0) is 27.2 Å². The Balaban J connectivity index is 3.28. The van der Waals surface area contributed by atoms with Crippen LogP contribution in [0.5, 0.6) is 0 Å². The monoisotopic (exact) mass is 203 g/mol. The van der Waals surface area contributed by atoms with Crippen molar-refractivity contribution < 1.29 is 9.84 Å². The summed E-state index contributed by atoms with van der Waals surface area (Å²) in [6, 6.07) is 0.0947. The third-order valence-electron chi connectivity index (χ3n) is 2.40. The Bertz CT molecular complexity index is 132. The largest absolute Gasteiger partial charge is 0.389 e. The number of unbranched alkanes of at least 4 members (excludes halogenated alkanes) is 1. The topological polar surface area (TPSA) is 41.5 Å². The normalized spacial score (nSPS) is 14.4. The maximum atomic E-state index is 9.62. The minimum atomic E-state index is -0.663. The molecule has 0 spiro atoms. The standard InChI is InChI=1S/C11H25NO2/c1-5-6-8-14-9-7-12-10(2)11(3,4)13/h10,12-13H,5-9H2,1-4H3. The molecule has 0 saturated carbocycles. The third kappa shape index (κ3) is 7.30. The molecular formula is C11H25NO2. The van der Waals surface area contributed by atoms with Crippen molar-refractivity contribution in [3.8, 4) is 0 Å². The lowest BCUT2D eigenvalue weighted by Gasteiger charge is -2.26. The molecule has 1 atom stereocenters. The van der Waals surface area contributed by atoms with Gasteiger partial charge < -0.3 is 15.2 Å². The van der Waals surface area contributed by atoms with Crippen LogP contribution in [0.25, 0.3) is 0 Å². The highest BCUT2D eigenvalue weighted by Gasteiger charge is 2.20. The summed E-state index contributed by atoms with van der Waals surface area (Å²) >= 11 is 0. The van der Waals surface area contributed by atoms with Crippen LogP contribution in [-0.2, 0) is 4.74 Å². The maximum absolute atomic E-state index is 9.62. The molecule has 1 unspecified atom stereocenters. The van der Waals surface area contributed by atoms with Gasteiger partial charge in [0.2, 0.25) is 0 Å². The average Bonchev–Trinajstić information content (AvgIpc) is 2.09. The summed E-state index contributed by atoms with van der Waals surface area (Å²) in [7, 11) is 0. The van der Waals surface area contributed by atoms with E-state index in [2.05, 4.69) is 12.2 Å². The van der Waals surface area contributed by atoms with E-state index in [9.17, 15) is 5.11 Å².